The second kappa shape index (κ2) is 7.34. The summed E-state index contributed by atoms with van der Waals surface area (Å²) in [4.78, 5) is 48.5. The first-order valence-corrected chi connectivity index (χ1v) is 8.87. The molecule has 1 aliphatic carbocycles. The van der Waals surface area contributed by atoms with Gasteiger partial charge in [-0.05, 0) is 24.8 Å². The zero-order valence-electron chi connectivity index (χ0n) is 15.0. The number of carbonyl (C=O) groups excluding carboxylic acids is 3. The lowest BCUT2D eigenvalue weighted by Crippen LogP contribution is -2.54. The summed E-state index contributed by atoms with van der Waals surface area (Å²) in [6, 6.07) is 5.31. The highest BCUT2D eigenvalue weighted by Gasteiger charge is 2.55. The fourth-order valence-corrected chi connectivity index (χ4v) is 3.78. The minimum Gasteiger partial charge on any atom is -0.459 e. The van der Waals surface area contributed by atoms with E-state index in [0.29, 0.717) is 6.42 Å². The second-order valence-corrected chi connectivity index (χ2v) is 6.99. The van der Waals surface area contributed by atoms with Gasteiger partial charge in [-0.1, -0.05) is 31.9 Å². The third kappa shape index (κ3) is 3.49. The predicted molar refractivity (Wildman–Crippen MR) is 93.5 cm³/mol. The van der Waals surface area contributed by atoms with Crippen molar-refractivity contribution in [1.29, 1.82) is 0 Å². The molecule has 2 fully saturated rings. The number of ether oxygens (including phenoxy) is 1. The van der Waals surface area contributed by atoms with Gasteiger partial charge in [0.05, 0.1) is 10.5 Å². The maximum atomic E-state index is 12.8. The number of esters is 1. The Bertz CT molecular complexity index is 795. The molecule has 1 aromatic carbocycles. The van der Waals surface area contributed by atoms with Gasteiger partial charge in [0, 0.05) is 6.07 Å². The molecule has 1 heterocycles. The highest BCUT2D eigenvalue weighted by atomic mass is 16.6. The maximum Gasteiger partial charge on any atom is 0.326 e. The average molecular weight is 375 g/mol. The molecule has 27 heavy (non-hydrogen) atoms. The average Bonchev–Trinajstić information content (AvgIpc) is 2.87. The highest BCUT2D eigenvalue weighted by molar-refractivity contribution is 6.08. The molecule has 9 nitrogen and oxygen atoms in total. The Kier molecular flexibility index (Phi) is 5.11. The van der Waals surface area contributed by atoms with E-state index in [1.54, 1.807) is 6.07 Å². The Morgan fingerprint density at radius 1 is 1.37 bits per heavy atom. The van der Waals surface area contributed by atoms with Crippen molar-refractivity contribution in [2.24, 2.45) is 5.92 Å². The van der Waals surface area contributed by atoms with Crippen LogP contribution in [0.15, 0.2) is 24.3 Å². The molecule has 1 N–H and O–H groups in total. The van der Waals surface area contributed by atoms with Crippen molar-refractivity contribution in [3.63, 3.8) is 0 Å². The molecule has 0 radical (unpaired) electrons. The summed E-state index contributed by atoms with van der Waals surface area (Å²) in [5.74, 6) is -1.20. The monoisotopic (exact) mass is 375 g/mol. The van der Waals surface area contributed by atoms with Crippen molar-refractivity contribution in [3.05, 3.63) is 39.9 Å². The van der Waals surface area contributed by atoms with Crippen LogP contribution in [0.25, 0.3) is 0 Å². The summed E-state index contributed by atoms with van der Waals surface area (Å²) in [5, 5.41) is 13.8. The molecule has 3 amide bonds. The van der Waals surface area contributed by atoms with Gasteiger partial charge >= 0.3 is 12.0 Å². The zero-order valence-corrected chi connectivity index (χ0v) is 15.0. The van der Waals surface area contributed by atoms with E-state index in [-0.39, 0.29) is 23.8 Å². The van der Waals surface area contributed by atoms with Gasteiger partial charge < -0.3 is 10.1 Å². The van der Waals surface area contributed by atoms with Gasteiger partial charge in [-0.3, -0.25) is 24.6 Å². The molecule has 9 heteroatoms. The molecule has 1 saturated heterocycles. The number of carbonyl (C=O) groups is 3. The first kappa shape index (κ1) is 18.8. The lowest BCUT2D eigenvalue weighted by molar-refractivity contribution is -0.385. The topological polar surface area (TPSA) is 119 Å². The minimum absolute atomic E-state index is 0.00399. The normalized spacial score (nSPS) is 24.8. The van der Waals surface area contributed by atoms with Crippen molar-refractivity contribution in [1.82, 2.24) is 10.2 Å². The summed E-state index contributed by atoms with van der Waals surface area (Å²) >= 11 is 0. The number of rotatable bonds is 5. The first-order chi connectivity index (χ1) is 12.8. The van der Waals surface area contributed by atoms with Gasteiger partial charge in [0.15, 0.2) is 0 Å². The molecular weight excluding hydrogens is 354 g/mol. The van der Waals surface area contributed by atoms with E-state index in [0.717, 1.165) is 24.2 Å². The number of nitrogens with zero attached hydrogens (tertiary/aromatic N) is 2. The second-order valence-electron chi connectivity index (χ2n) is 6.99. The number of benzene rings is 1. The number of amides is 3. The van der Waals surface area contributed by atoms with E-state index >= 15 is 0 Å². The smallest absolute Gasteiger partial charge is 0.326 e. The van der Waals surface area contributed by atoms with Crippen LogP contribution in [-0.4, -0.2) is 39.8 Å². The van der Waals surface area contributed by atoms with E-state index < -0.39 is 34.9 Å². The molecule has 144 valence electrons. The lowest BCUT2D eigenvalue weighted by atomic mass is 9.73. The number of hydrogen-bond donors (Lipinski definition) is 1. The number of para-hydroxylation sites is 1. The third-order valence-corrected chi connectivity index (χ3v) is 5.37. The molecule has 2 aliphatic rings. The van der Waals surface area contributed by atoms with Crippen LogP contribution in [-0.2, 0) is 20.9 Å². The highest BCUT2D eigenvalue weighted by Crippen LogP contribution is 2.38. The molecule has 0 unspecified atom stereocenters. The van der Waals surface area contributed by atoms with Gasteiger partial charge in [-0.2, -0.15) is 0 Å². The summed E-state index contributed by atoms with van der Waals surface area (Å²) in [5.41, 5.74) is -0.853. The van der Waals surface area contributed by atoms with E-state index in [9.17, 15) is 24.5 Å². The van der Waals surface area contributed by atoms with E-state index in [2.05, 4.69) is 5.32 Å². The summed E-state index contributed by atoms with van der Waals surface area (Å²) in [7, 11) is 0. The van der Waals surface area contributed by atoms with Gasteiger partial charge in [-0.25, -0.2) is 4.79 Å². The first-order valence-electron chi connectivity index (χ1n) is 8.87. The molecule has 0 aromatic heterocycles. The number of nitrogens with one attached hydrogen (secondary N) is 1. The van der Waals surface area contributed by atoms with Crippen LogP contribution in [0, 0.1) is 16.0 Å². The van der Waals surface area contributed by atoms with Crippen LogP contribution < -0.4 is 5.32 Å². The minimum atomic E-state index is -0.937. The number of nitro groups is 1. The van der Waals surface area contributed by atoms with Crippen LogP contribution in [0.3, 0.4) is 0 Å². The molecule has 3 rings (SSSR count). The quantitative estimate of drug-likeness (QED) is 0.364. The van der Waals surface area contributed by atoms with Gasteiger partial charge in [0.1, 0.15) is 18.7 Å². The number of hydrogen-bond acceptors (Lipinski definition) is 6. The summed E-state index contributed by atoms with van der Waals surface area (Å²) in [6.07, 6.45) is 3.23. The van der Waals surface area contributed by atoms with Gasteiger partial charge in [0.25, 0.3) is 11.6 Å². The van der Waals surface area contributed by atoms with Crippen molar-refractivity contribution < 1.29 is 24.0 Å². The lowest BCUT2D eigenvalue weighted by Gasteiger charge is -2.36. The molecular formula is C18H21N3O6. The van der Waals surface area contributed by atoms with Gasteiger partial charge in [-0.15, -0.1) is 0 Å². The van der Waals surface area contributed by atoms with E-state index in [1.165, 1.54) is 18.2 Å². The van der Waals surface area contributed by atoms with Crippen LogP contribution in [0.4, 0.5) is 10.5 Å². The van der Waals surface area contributed by atoms with Crippen molar-refractivity contribution >= 4 is 23.6 Å². The standard InChI is InChI=1S/C18H21N3O6/c1-12-6-4-5-9-18(12)16(23)20(17(24)19-18)10-15(22)27-11-13-7-2-3-8-14(13)21(25)26/h2-3,7-8,12H,4-6,9-11H2,1H3,(H,19,24)/t12-,18-/m0/s1. The number of imide groups is 1. The molecule has 0 bridgehead atoms. The zero-order chi connectivity index (χ0) is 19.6. The Labute approximate surface area is 155 Å². The fraction of sp³-hybridized carbons (Fsp3) is 0.500. The summed E-state index contributed by atoms with van der Waals surface area (Å²) < 4.78 is 5.06. The van der Waals surface area contributed by atoms with Crippen LogP contribution in [0.1, 0.15) is 38.2 Å². The molecule has 1 aliphatic heterocycles. The fourth-order valence-electron chi connectivity index (χ4n) is 3.78. The number of urea groups is 1. The third-order valence-electron chi connectivity index (χ3n) is 5.37. The Morgan fingerprint density at radius 3 is 2.81 bits per heavy atom. The Balaban J connectivity index is 1.64. The molecule has 1 spiro atoms. The van der Waals surface area contributed by atoms with Crippen LogP contribution >= 0.6 is 0 Å². The van der Waals surface area contributed by atoms with E-state index in [1.807, 2.05) is 6.92 Å². The van der Waals surface area contributed by atoms with Crippen molar-refractivity contribution in [2.75, 3.05) is 6.54 Å². The summed E-state index contributed by atoms with van der Waals surface area (Å²) in [6.45, 7) is 1.11. The van der Waals surface area contributed by atoms with Gasteiger partial charge in [0.2, 0.25) is 0 Å². The Hall–Kier alpha value is -2.97. The predicted octanol–water partition coefficient (Wildman–Crippen LogP) is 2.14. The SMILES string of the molecule is C[C@H]1CCCC[C@]12NC(=O)N(CC(=O)OCc1ccccc1[N+](=O)[O-])C2=O. The van der Waals surface area contributed by atoms with Crippen LogP contribution in [0.5, 0.6) is 0 Å². The van der Waals surface area contributed by atoms with Crippen molar-refractivity contribution in [2.45, 2.75) is 44.8 Å². The Morgan fingerprint density at radius 2 is 2.11 bits per heavy atom. The maximum absolute atomic E-state index is 12.8. The molecule has 1 saturated carbocycles. The van der Waals surface area contributed by atoms with E-state index in [4.69, 9.17) is 4.74 Å². The largest absolute Gasteiger partial charge is 0.459 e. The molecule has 2 atom stereocenters. The van der Waals surface area contributed by atoms with Crippen molar-refractivity contribution in [3.8, 4) is 0 Å². The number of nitro benzene ring substituents is 1. The van der Waals surface area contributed by atoms with Crippen LogP contribution in [0.2, 0.25) is 0 Å². The molecule has 1 aromatic rings.